The van der Waals surface area contributed by atoms with Gasteiger partial charge >= 0.3 is 0 Å². The van der Waals surface area contributed by atoms with Crippen molar-refractivity contribution in [3.63, 3.8) is 0 Å². The number of rotatable bonds is 2. The van der Waals surface area contributed by atoms with Crippen LogP contribution >= 0.6 is 11.3 Å². The first-order valence-electron chi connectivity index (χ1n) is 6.75. The van der Waals surface area contributed by atoms with Gasteiger partial charge in [-0.3, -0.25) is 0 Å². The zero-order chi connectivity index (χ0) is 13.4. The molecule has 0 bridgehead atoms. The molecule has 0 saturated heterocycles. The van der Waals surface area contributed by atoms with Crippen LogP contribution in [-0.4, -0.2) is 15.0 Å². The first-order valence-corrected chi connectivity index (χ1v) is 7.57. The third kappa shape index (κ3) is 2.34. The molecular formula is C14H18N4S. The molecule has 5 heteroatoms. The van der Waals surface area contributed by atoms with Crippen LogP contribution < -0.4 is 5.73 Å². The summed E-state index contributed by atoms with van der Waals surface area (Å²) in [6.45, 7) is 4.11. The lowest BCUT2D eigenvalue weighted by atomic mass is 9.89. The number of nitrogens with two attached hydrogens (primary N) is 1. The molecule has 0 amide bonds. The third-order valence-electron chi connectivity index (χ3n) is 3.79. The minimum absolute atomic E-state index is 0.533. The highest BCUT2D eigenvalue weighted by Gasteiger charge is 2.22. The monoisotopic (exact) mass is 274 g/mol. The highest BCUT2D eigenvalue weighted by Crippen LogP contribution is 2.36. The van der Waals surface area contributed by atoms with E-state index in [1.165, 1.54) is 23.4 Å². The van der Waals surface area contributed by atoms with E-state index in [4.69, 9.17) is 10.7 Å². The van der Waals surface area contributed by atoms with Crippen LogP contribution in [-0.2, 0) is 12.8 Å². The Morgan fingerprint density at radius 2 is 2.26 bits per heavy atom. The molecule has 0 radical (unpaired) electrons. The van der Waals surface area contributed by atoms with Crippen molar-refractivity contribution in [1.82, 2.24) is 15.0 Å². The molecule has 100 valence electrons. The normalized spacial score (nSPS) is 18.3. The van der Waals surface area contributed by atoms with E-state index in [9.17, 15) is 0 Å². The maximum atomic E-state index is 5.98. The van der Waals surface area contributed by atoms with Crippen molar-refractivity contribution in [2.24, 2.45) is 5.92 Å². The molecule has 3 rings (SSSR count). The van der Waals surface area contributed by atoms with E-state index in [2.05, 4.69) is 16.9 Å². The van der Waals surface area contributed by atoms with Gasteiger partial charge in [0.2, 0.25) is 0 Å². The van der Waals surface area contributed by atoms with E-state index in [1.807, 2.05) is 6.92 Å². The SMILES string of the molecule is CCC1CCc2nc(-c3cnc(C)nc3N)sc2C1. The number of hydrogen-bond donors (Lipinski definition) is 1. The number of aromatic nitrogens is 3. The predicted molar refractivity (Wildman–Crippen MR) is 78.1 cm³/mol. The smallest absolute Gasteiger partial charge is 0.137 e. The van der Waals surface area contributed by atoms with Crippen molar-refractivity contribution in [1.29, 1.82) is 0 Å². The maximum Gasteiger partial charge on any atom is 0.137 e. The molecule has 1 aliphatic carbocycles. The van der Waals surface area contributed by atoms with Crippen molar-refractivity contribution in [2.75, 3.05) is 5.73 Å². The molecular weight excluding hydrogens is 256 g/mol. The third-order valence-corrected chi connectivity index (χ3v) is 4.94. The van der Waals surface area contributed by atoms with Gasteiger partial charge in [-0.05, 0) is 32.1 Å². The van der Waals surface area contributed by atoms with Gasteiger partial charge in [0.1, 0.15) is 16.6 Å². The van der Waals surface area contributed by atoms with Crippen LogP contribution in [0.3, 0.4) is 0 Å². The van der Waals surface area contributed by atoms with Crippen LogP contribution in [0.25, 0.3) is 10.6 Å². The number of nitrogen functional groups attached to an aromatic ring is 1. The fourth-order valence-electron chi connectivity index (χ4n) is 2.56. The number of aryl methyl sites for hydroxylation is 2. The van der Waals surface area contributed by atoms with Crippen LogP contribution in [0.5, 0.6) is 0 Å². The van der Waals surface area contributed by atoms with Gasteiger partial charge in [0.25, 0.3) is 0 Å². The molecule has 2 N–H and O–H groups in total. The van der Waals surface area contributed by atoms with Crippen molar-refractivity contribution in [2.45, 2.75) is 39.5 Å². The van der Waals surface area contributed by atoms with Crippen LogP contribution in [0.2, 0.25) is 0 Å². The van der Waals surface area contributed by atoms with E-state index < -0.39 is 0 Å². The highest BCUT2D eigenvalue weighted by molar-refractivity contribution is 7.15. The zero-order valence-corrected chi connectivity index (χ0v) is 12.1. The summed E-state index contributed by atoms with van der Waals surface area (Å²) in [5, 5.41) is 0.972. The second-order valence-corrected chi connectivity index (χ2v) is 6.21. The van der Waals surface area contributed by atoms with E-state index >= 15 is 0 Å². The number of anilines is 1. The molecule has 0 spiro atoms. The quantitative estimate of drug-likeness (QED) is 0.914. The predicted octanol–water partition coefficient (Wildman–Crippen LogP) is 3.01. The van der Waals surface area contributed by atoms with Gasteiger partial charge in [-0.1, -0.05) is 13.3 Å². The number of thiazole rings is 1. The maximum absolute atomic E-state index is 5.98. The fraction of sp³-hybridized carbons (Fsp3) is 0.500. The number of fused-ring (bicyclic) bond motifs is 1. The second-order valence-electron chi connectivity index (χ2n) is 5.12. The van der Waals surface area contributed by atoms with Crippen molar-refractivity contribution >= 4 is 17.2 Å². The number of nitrogens with zero attached hydrogens (tertiary/aromatic N) is 3. The Balaban J connectivity index is 1.97. The van der Waals surface area contributed by atoms with Gasteiger partial charge in [0.05, 0.1) is 11.3 Å². The van der Waals surface area contributed by atoms with Gasteiger partial charge in [-0.2, -0.15) is 0 Å². The van der Waals surface area contributed by atoms with Gasteiger partial charge in [0.15, 0.2) is 0 Å². The molecule has 0 aliphatic heterocycles. The Morgan fingerprint density at radius 3 is 3.00 bits per heavy atom. The molecule has 2 aromatic rings. The first-order chi connectivity index (χ1) is 9.17. The van der Waals surface area contributed by atoms with E-state index in [1.54, 1.807) is 17.5 Å². The summed E-state index contributed by atoms with van der Waals surface area (Å²) in [6.07, 6.45) is 6.56. The lowest BCUT2D eigenvalue weighted by Crippen LogP contribution is -2.11. The summed E-state index contributed by atoms with van der Waals surface area (Å²) in [6, 6.07) is 0. The summed E-state index contributed by atoms with van der Waals surface area (Å²) in [4.78, 5) is 14.6. The highest BCUT2D eigenvalue weighted by atomic mass is 32.1. The van der Waals surface area contributed by atoms with Crippen LogP contribution in [0, 0.1) is 12.8 Å². The molecule has 1 atom stereocenters. The lowest BCUT2D eigenvalue weighted by molar-refractivity contribution is 0.446. The van der Waals surface area contributed by atoms with Gasteiger partial charge in [0, 0.05) is 11.1 Å². The minimum Gasteiger partial charge on any atom is -0.383 e. The van der Waals surface area contributed by atoms with Gasteiger partial charge < -0.3 is 5.73 Å². The Labute approximate surface area is 117 Å². The fourth-order valence-corrected chi connectivity index (χ4v) is 3.80. The van der Waals surface area contributed by atoms with E-state index in [-0.39, 0.29) is 0 Å². The van der Waals surface area contributed by atoms with Crippen molar-refractivity contribution < 1.29 is 0 Å². The number of hydrogen-bond acceptors (Lipinski definition) is 5. The van der Waals surface area contributed by atoms with Crippen LogP contribution in [0.15, 0.2) is 6.20 Å². The largest absolute Gasteiger partial charge is 0.383 e. The Kier molecular flexibility index (Phi) is 3.22. The Morgan fingerprint density at radius 1 is 1.42 bits per heavy atom. The van der Waals surface area contributed by atoms with Crippen molar-refractivity contribution in [3.8, 4) is 10.6 Å². The van der Waals surface area contributed by atoms with Crippen molar-refractivity contribution in [3.05, 3.63) is 22.6 Å². The first kappa shape index (κ1) is 12.5. The molecule has 1 aliphatic rings. The summed E-state index contributed by atoms with van der Waals surface area (Å²) in [7, 11) is 0. The van der Waals surface area contributed by atoms with Gasteiger partial charge in [-0.25, -0.2) is 15.0 Å². The van der Waals surface area contributed by atoms with Crippen LogP contribution in [0.1, 0.15) is 36.2 Å². The minimum atomic E-state index is 0.533. The topological polar surface area (TPSA) is 64.7 Å². The summed E-state index contributed by atoms with van der Waals surface area (Å²) < 4.78 is 0. The molecule has 0 fully saturated rings. The zero-order valence-electron chi connectivity index (χ0n) is 11.3. The standard InChI is InChI=1S/C14H18N4S/c1-3-9-4-5-11-12(6-9)19-14(18-11)10-7-16-8(2)17-13(10)15/h7,9H,3-6H2,1-2H3,(H2,15,16,17). The summed E-state index contributed by atoms with van der Waals surface area (Å²) in [5.41, 5.74) is 8.11. The summed E-state index contributed by atoms with van der Waals surface area (Å²) >= 11 is 1.76. The Bertz CT molecular complexity index is 605. The van der Waals surface area contributed by atoms with E-state index in [0.29, 0.717) is 11.6 Å². The molecule has 1 unspecified atom stereocenters. The average molecular weight is 274 g/mol. The lowest BCUT2D eigenvalue weighted by Gasteiger charge is -2.18. The van der Waals surface area contributed by atoms with E-state index in [0.717, 1.165) is 29.3 Å². The molecule has 4 nitrogen and oxygen atoms in total. The Hall–Kier alpha value is -1.49. The molecule has 0 aromatic carbocycles. The molecule has 19 heavy (non-hydrogen) atoms. The van der Waals surface area contributed by atoms with Gasteiger partial charge in [-0.15, -0.1) is 11.3 Å². The van der Waals surface area contributed by atoms with Crippen LogP contribution in [0.4, 0.5) is 5.82 Å². The molecule has 2 aromatic heterocycles. The molecule has 0 saturated carbocycles. The molecule has 2 heterocycles. The average Bonchev–Trinajstić information content (AvgIpc) is 2.80. The second kappa shape index (κ2) is 4.89. The summed E-state index contributed by atoms with van der Waals surface area (Å²) in [5.74, 6) is 2.05.